The number of pyridine rings is 1. The summed E-state index contributed by atoms with van der Waals surface area (Å²) in [6.07, 6.45) is 2.96. The number of rotatable bonds is 6. The van der Waals surface area contributed by atoms with Crippen LogP contribution in [0.3, 0.4) is 0 Å². The zero-order chi connectivity index (χ0) is 15.2. The average Bonchev–Trinajstić information content (AvgIpc) is 2.44. The summed E-state index contributed by atoms with van der Waals surface area (Å²) in [5.41, 5.74) is 3.26. The van der Waals surface area contributed by atoms with Crippen LogP contribution in [0.25, 0.3) is 0 Å². The van der Waals surface area contributed by atoms with E-state index in [0.29, 0.717) is 16.7 Å². The summed E-state index contributed by atoms with van der Waals surface area (Å²) in [6, 6.07) is 7.82. The third kappa shape index (κ3) is 4.45. The summed E-state index contributed by atoms with van der Waals surface area (Å²) in [5, 5.41) is 3.96. The van der Waals surface area contributed by atoms with Gasteiger partial charge in [-0.05, 0) is 56.1 Å². The molecule has 0 saturated carbocycles. The van der Waals surface area contributed by atoms with Gasteiger partial charge in [0.25, 0.3) is 0 Å². The molecule has 1 aromatic heterocycles. The Morgan fingerprint density at radius 2 is 2.05 bits per heavy atom. The molecule has 1 N–H and O–H groups in total. The summed E-state index contributed by atoms with van der Waals surface area (Å²) < 4.78 is 5.81. The highest BCUT2D eigenvalue weighted by atomic mass is 35.5. The van der Waals surface area contributed by atoms with E-state index in [1.165, 1.54) is 0 Å². The molecule has 0 spiro atoms. The Balaban J connectivity index is 2.10. The molecular formula is C17H21ClN2O. The van der Waals surface area contributed by atoms with Gasteiger partial charge in [0.15, 0.2) is 0 Å². The van der Waals surface area contributed by atoms with Crippen molar-refractivity contribution in [3.8, 4) is 11.6 Å². The minimum absolute atomic E-state index is 0.597. The first-order valence-electron chi connectivity index (χ1n) is 7.20. The lowest BCUT2D eigenvalue weighted by atomic mass is 10.2. The largest absolute Gasteiger partial charge is 0.437 e. The Hall–Kier alpha value is -1.58. The van der Waals surface area contributed by atoms with E-state index in [4.69, 9.17) is 16.3 Å². The van der Waals surface area contributed by atoms with Crippen LogP contribution in [0.2, 0.25) is 5.02 Å². The quantitative estimate of drug-likeness (QED) is 0.789. The highest BCUT2D eigenvalue weighted by Gasteiger charge is 2.08. The molecular weight excluding hydrogens is 284 g/mol. The van der Waals surface area contributed by atoms with E-state index in [1.807, 2.05) is 38.2 Å². The van der Waals surface area contributed by atoms with E-state index < -0.39 is 0 Å². The molecule has 0 amide bonds. The number of nitrogens with one attached hydrogen (secondary N) is 1. The Morgan fingerprint density at radius 3 is 2.71 bits per heavy atom. The Labute approximate surface area is 131 Å². The number of nitrogens with zero attached hydrogens (tertiary/aromatic N) is 1. The molecule has 0 atom stereocenters. The second-order valence-corrected chi connectivity index (χ2v) is 5.59. The van der Waals surface area contributed by atoms with Gasteiger partial charge in [0.2, 0.25) is 5.88 Å². The van der Waals surface area contributed by atoms with E-state index in [9.17, 15) is 0 Å². The molecule has 0 aliphatic rings. The predicted molar refractivity (Wildman–Crippen MR) is 87.2 cm³/mol. The fraction of sp³-hybridized carbons (Fsp3) is 0.353. The number of ether oxygens (including phenoxy) is 1. The molecule has 1 heterocycles. The van der Waals surface area contributed by atoms with Gasteiger partial charge >= 0.3 is 0 Å². The van der Waals surface area contributed by atoms with Crippen LogP contribution in [-0.2, 0) is 6.54 Å². The smallest absolute Gasteiger partial charge is 0.222 e. The van der Waals surface area contributed by atoms with Crippen LogP contribution >= 0.6 is 11.6 Å². The second-order valence-electron chi connectivity index (χ2n) is 5.18. The summed E-state index contributed by atoms with van der Waals surface area (Å²) in [4.78, 5) is 4.39. The standard InChI is InChI=1S/C17H21ClN2O/c1-4-7-19-10-14-9-13(3)17(20-11-14)21-16-6-5-12(2)8-15(16)18/h5-6,8-9,11,19H,4,7,10H2,1-3H3. The monoisotopic (exact) mass is 304 g/mol. The summed E-state index contributed by atoms with van der Waals surface area (Å²) in [6.45, 7) is 7.98. The summed E-state index contributed by atoms with van der Waals surface area (Å²) >= 11 is 6.18. The molecule has 2 aromatic rings. The van der Waals surface area contributed by atoms with Crippen LogP contribution < -0.4 is 10.1 Å². The number of halogens is 1. The topological polar surface area (TPSA) is 34.2 Å². The normalized spacial score (nSPS) is 10.7. The lowest BCUT2D eigenvalue weighted by Gasteiger charge is -2.11. The SMILES string of the molecule is CCCNCc1cnc(Oc2ccc(C)cc2Cl)c(C)c1. The van der Waals surface area contributed by atoms with Gasteiger partial charge in [-0.3, -0.25) is 0 Å². The molecule has 0 bridgehead atoms. The minimum Gasteiger partial charge on any atom is -0.437 e. The number of hydrogen-bond donors (Lipinski definition) is 1. The van der Waals surface area contributed by atoms with Gasteiger partial charge in [0, 0.05) is 18.3 Å². The summed E-state index contributed by atoms with van der Waals surface area (Å²) in [5.74, 6) is 1.23. The van der Waals surface area contributed by atoms with Crippen LogP contribution in [0.1, 0.15) is 30.0 Å². The molecule has 112 valence electrons. The highest BCUT2D eigenvalue weighted by molar-refractivity contribution is 6.32. The Bertz CT molecular complexity index is 614. The molecule has 1 aromatic carbocycles. The predicted octanol–water partition coefficient (Wildman–Crippen LogP) is 4.64. The van der Waals surface area contributed by atoms with Crippen molar-refractivity contribution >= 4 is 11.6 Å². The number of aryl methyl sites for hydroxylation is 2. The van der Waals surface area contributed by atoms with E-state index in [1.54, 1.807) is 0 Å². The molecule has 2 rings (SSSR count). The molecule has 0 unspecified atom stereocenters. The lowest BCUT2D eigenvalue weighted by Crippen LogP contribution is -2.14. The van der Waals surface area contributed by atoms with Crippen molar-refractivity contribution in [2.45, 2.75) is 33.7 Å². The average molecular weight is 305 g/mol. The molecule has 0 aliphatic carbocycles. The van der Waals surface area contributed by atoms with Crippen LogP contribution in [0.4, 0.5) is 0 Å². The third-order valence-electron chi connectivity index (χ3n) is 3.14. The van der Waals surface area contributed by atoms with E-state index in [2.05, 4.69) is 23.3 Å². The second kappa shape index (κ2) is 7.43. The van der Waals surface area contributed by atoms with Gasteiger partial charge in [-0.25, -0.2) is 4.98 Å². The van der Waals surface area contributed by atoms with Crippen LogP contribution in [0.5, 0.6) is 11.6 Å². The fourth-order valence-electron chi connectivity index (χ4n) is 2.03. The minimum atomic E-state index is 0.597. The Kier molecular flexibility index (Phi) is 5.59. The summed E-state index contributed by atoms with van der Waals surface area (Å²) in [7, 11) is 0. The van der Waals surface area contributed by atoms with Gasteiger partial charge in [-0.2, -0.15) is 0 Å². The number of hydrogen-bond acceptors (Lipinski definition) is 3. The van der Waals surface area contributed by atoms with Crippen molar-refractivity contribution in [3.05, 3.63) is 52.2 Å². The van der Waals surface area contributed by atoms with Gasteiger partial charge in [-0.1, -0.05) is 24.6 Å². The first-order chi connectivity index (χ1) is 10.1. The van der Waals surface area contributed by atoms with Crippen molar-refractivity contribution in [2.24, 2.45) is 0 Å². The zero-order valence-corrected chi connectivity index (χ0v) is 13.5. The maximum Gasteiger partial charge on any atom is 0.222 e. The third-order valence-corrected chi connectivity index (χ3v) is 3.43. The van der Waals surface area contributed by atoms with Gasteiger partial charge in [0.1, 0.15) is 5.75 Å². The van der Waals surface area contributed by atoms with E-state index in [0.717, 1.165) is 36.2 Å². The number of aromatic nitrogens is 1. The van der Waals surface area contributed by atoms with Crippen LogP contribution in [-0.4, -0.2) is 11.5 Å². The highest BCUT2D eigenvalue weighted by Crippen LogP contribution is 2.30. The van der Waals surface area contributed by atoms with Gasteiger partial charge in [-0.15, -0.1) is 0 Å². The Morgan fingerprint density at radius 1 is 1.24 bits per heavy atom. The first kappa shape index (κ1) is 15.8. The van der Waals surface area contributed by atoms with Gasteiger partial charge in [0.05, 0.1) is 5.02 Å². The molecule has 4 heteroatoms. The van der Waals surface area contributed by atoms with Crippen LogP contribution in [0.15, 0.2) is 30.5 Å². The van der Waals surface area contributed by atoms with Crippen molar-refractivity contribution in [1.82, 2.24) is 10.3 Å². The molecule has 0 aliphatic heterocycles. The number of benzene rings is 1. The molecule has 21 heavy (non-hydrogen) atoms. The van der Waals surface area contributed by atoms with E-state index in [-0.39, 0.29) is 0 Å². The zero-order valence-electron chi connectivity index (χ0n) is 12.7. The molecule has 0 saturated heterocycles. The molecule has 0 fully saturated rings. The van der Waals surface area contributed by atoms with Crippen molar-refractivity contribution in [2.75, 3.05) is 6.54 Å². The molecule has 3 nitrogen and oxygen atoms in total. The van der Waals surface area contributed by atoms with Crippen LogP contribution in [0, 0.1) is 13.8 Å². The van der Waals surface area contributed by atoms with Crippen molar-refractivity contribution in [3.63, 3.8) is 0 Å². The van der Waals surface area contributed by atoms with Gasteiger partial charge < -0.3 is 10.1 Å². The fourth-order valence-corrected chi connectivity index (χ4v) is 2.30. The maximum atomic E-state index is 6.18. The maximum absolute atomic E-state index is 6.18. The lowest BCUT2D eigenvalue weighted by molar-refractivity contribution is 0.458. The molecule has 0 radical (unpaired) electrons. The van der Waals surface area contributed by atoms with Crippen molar-refractivity contribution in [1.29, 1.82) is 0 Å². The van der Waals surface area contributed by atoms with Crippen molar-refractivity contribution < 1.29 is 4.74 Å². The first-order valence-corrected chi connectivity index (χ1v) is 7.58. The van der Waals surface area contributed by atoms with E-state index >= 15 is 0 Å².